The predicted octanol–water partition coefficient (Wildman–Crippen LogP) is 3.25. The summed E-state index contributed by atoms with van der Waals surface area (Å²) in [5.74, 6) is -0.667. The van der Waals surface area contributed by atoms with Crippen LogP contribution < -0.4 is 10.7 Å². The normalized spacial score (nSPS) is 15.0. The summed E-state index contributed by atoms with van der Waals surface area (Å²) < 4.78 is 14.0. The van der Waals surface area contributed by atoms with Crippen LogP contribution in [0.25, 0.3) is 10.9 Å². The molecule has 1 aromatic carbocycles. The Morgan fingerprint density at radius 3 is 2.85 bits per heavy atom. The second kappa shape index (κ2) is 6.37. The van der Waals surface area contributed by atoms with Crippen molar-refractivity contribution in [2.75, 3.05) is 0 Å². The molecule has 1 unspecified atom stereocenters. The molecule has 1 amide bonds. The fraction of sp³-hybridized carbons (Fsp3) is 0.250. The van der Waals surface area contributed by atoms with Gasteiger partial charge in [0.1, 0.15) is 11.5 Å². The molecule has 1 saturated carbocycles. The Labute approximate surface area is 149 Å². The second-order valence-electron chi connectivity index (χ2n) is 6.70. The number of pyridine rings is 2. The molecule has 0 bridgehead atoms. The van der Waals surface area contributed by atoms with Gasteiger partial charge in [-0.05, 0) is 49.4 Å². The van der Waals surface area contributed by atoms with Crippen LogP contribution in [0.15, 0.2) is 47.4 Å². The average molecular weight is 351 g/mol. The Bertz CT molecular complexity index is 1060. The van der Waals surface area contributed by atoms with Crippen molar-refractivity contribution in [3.63, 3.8) is 0 Å². The lowest BCUT2D eigenvalue weighted by molar-refractivity contribution is 0.0925. The molecule has 0 saturated heterocycles. The monoisotopic (exact) mass is 351 g/mol. The lowest BCUT2D eigenvalue weighted by Crippen LogP contribution is -2.32. The van der Waals surface area contributed by atoms with Crippen LogP contribution in [-0.4, -0.2) is 15.9 Å². The highest BCUT2D eigenvalue weighted by Gasteiger charge is 2.35. The first-order valence-electron chi connectivity index (χ1n) is 8.58. The third kappa shape index (κ3) is 2.98. The van der Waals surface area contributed by atoms with Crippen LogP contribution in [0.2, 0.25) is 0 Å². The molecular weight excluding hydrogens is 333 g/mol. The first kappa shape index (κ1) is 16.4. The van der Waals surface area contributed by atoms with E-state index in [1.165, 1.54) is 24.3 Å². The zero-order valence-electron chi connectivity index (χ0n) is 14.3. The number of nitrogens with zero attached hydrogens (tertiary/aromatic N) is 1. The van der Waals surface area contributed by atoms with Crippen LogP contribution in [0.1, 0.15) is 40.6 Å². The van der Waals surface area contributed by atoms with Gasteiger partial charge in [0.05, 0.1) is 17.3 Å². The van der Waals surface area contributed by atoms with Gasteiger partial charge in [-0.1, -0.05) is 12.1 Å². The molecular formula is C20H18FN3O2. The second-order valence-corrected chi connectivity index (χ2v) is 6.70. The predicted molar refractivity (Wildman–Crippen MR) is 96.4 cm³/mol. The molecule has 0 spiro atoms. The van der Waals surface area contributed by atoms with Gasteiger partial charge in [0, 0.05) is 17.6 Å². The third-order valence-corrected chi connectivity index (χ3v) is 4.78. The minimum atomic E-state index is -0.562. The quantitative estimate of drug-likeness (QED) is 0.758. The number of aromatic nitrogens is 2. The molecule has 1 atom stereocenters. The van der Waals surface area contributed by atoms with Crippen LogP contribution in [0.5, 0.6) is 0 Å². The van der Waals surface area contributed by atoms with Crippen molar-refractivity contribution < 1.29 is 9.18 Å². The van der Waals surface area contributed by atoms with Crippen molar-refractivity contribution in [1.82, 2.24) is 15.3 Å². The number of halogens is 1. The Balaban J connectivity index is 1.69. The SMILES string of the molecule is Cc1cccnc1C(NC(=O)c1cc(=O)c2cccc(F)c2[nH]1)C1CC1. The fourth-order valence-corrected chi connectivity index (χ4v) is 3.24. The summed E-state index contributed by atoms with van der Waals surface area (Å²) in [6.07, 6.45) is 3.74. The fourth-order valence-electron chi connectivity index (χ4n) is 3.24. The highest BCUT2D eigenvalue weighted by molar-refractivity contribution is 5.95. The topological polar surface area (TPSA) is 74.8 Å². The summed E-state index contributed by atoms with van der Waals surface area (Å²) in [5.41, 5.74) is 1.54. The minimum absolute atomic E-state index is 0.0436. The minimum Gasteiger partial charge on any atom is -0.348 e. The van der Waals surface area contributed by atoms with Crippen LogP contribution >= 0.6 is 0 Å². The van der Waals surface area contributed by atoms with E-state index < -0.39 is 11.7 Å². The van der Waals surface area contributed by atoms with E-state index in [2.05, 4.69) is 15.3 Å². The highest BCUT2D eigenvalue weighted by atomic mass is 19.1. The van der Waals surface area contributed by atoms with Gasteiger partial charge in [-0.3, -0.25) is 14.6 Å². The number of amides is 1. The summed E-state index contributed by atoms with van der Waals surface area (Å²) in [6.45, 7) is 1.96. The maximum absolute atomic E-state index is 14.0. The Kier molecular flexibility index (Phi) is 4.03. The average Bonchev–Trinajstić information content (AvgIpc) is 3.46. The van der Waals surface area contributed by atoms with Crippen molar-refractivity contribution in [2.24, 2.45) is 5.92 Å². The Morgan fingerprint density at radius 2 is 2.12 bits per heavy atom. The molecule has 2 N–H and O–H groups in total. The van der Waals surface area contributed by atoms with E-state index in [1.54, 1.807) is 6.20 Å². The first-order valence-corrected chi connectivity index (χ1v) is 8.58. The number of rotatable bonds is 4. The first-order chi connectivity index (χ1) is 12.5. The van der Waals surface area contributed by atoms with E-state index in [9.17, 15) is 14.0 Å². The molecule has 132 valence electrons. The highest BCUT2D eigenvalue weighted by Crippen LogP contribution is 2.41. The van der Waals surface area contributed by atoms with Crippen molar-refractivity contribution in [1.29, 1.82) is 0 Å². The molecule has 0 aliphatic heterocycles. The van der Waals surface area contributed by atoms with E-state index in [1.807, 2.05) is 19.1 Å². The lowest BCUT2D eigenvalue weighted by Gasteiger charge is -2.19. The number of hydrogen-bond acceptors (Lipinski definition) is 3. The summed E-state index contributed by atoms with van der Waals surface area (Å²) >= 11 is 0. The molecule has 4 rings (SSSR count). The number of aryl methyl sites for hydroxylation is 1. The summed E-state index contributed by atoms with van der Waals surface area (Å²) in [4.78, 5) is 32.2. The van der Waals surface area contributed by atoms with Crippen molar-refractivity contribution in [3.05, 3.63) is 75.6 Å². The van der Waals surface area contributed by atoms with Crippen molar-refractivity contribution >= 4 is 16.8 Å². The number of fused-ring (bicyclic) bond motifs is 1. The standard InChI is InChI=1S/C20H18FN3O2/c1-11-4-3-9-22-17(11)18(12-7-8-12)24-20(26)15-10-16(25)13-5-2-6-14(21)19(13)23-15/h2-6,9-10,12,18H,7-8H2,1H3,(H,23,25)(H,24,26). The van der Waals surface area contributed by atoms with Gasteiger partial charge in [-0.15, -0.1) is 0 Å². The molecule has 1 fully saturated rings. The summed E-state index contributed by atoms with van der Waals surface area (Å²) in [5, 5.41) is 3.19. The molecule has 26 heavy (non-hydrogen) atoms. The number of carbonyl (C=O) groups is 1. The lowest BCUT2D eigenvalue weighted by atomic mass is 10.0. The number of aromatic amines is 1. The van der Waals surface area contributed by atoms with E-state index in [4.69, 9.17) is 0 Å². The number of carbonyl (C=O) groups excluding carboxylic acids is 1. The Morgan fingerprint density at radius 1 is 1.31 bits per heavy atom. The van der Waals surface area contributed by atoms with Crippen LogP contribution in [0, 0.1) is 18.7 Å². The van der Waals surface area contributed by atoms with Gasteiger partial charge in [-0.25, -0.2) is 4.39 Å². The third-order valence-electron chi connectivity index (χ3n) is 4.78. The molecule has 3 aromatic rings. The molecule has 5 nitrogen and oxygen atoms in total. The zero-order chi connectivity index (χ0) is 18.3. The number of hydrogen-bond donors (Lipinski definition) is 2. The molecule has 6 heteroatoms. The zero-order valence-corrected chi connectivity index (χ0v) is 14.3. The van der Waals surface area contributed by atoms with Gasteiger partial charge in [0.15, 0.2) is 5.43 Å². The van der Waals surface area contributed by atoms with E-state index >= 15 is 0 Å². The van der Waals surface area contributed by atoms with E-state index in [-0.39, 0.29) is 28.1 Å². The largest absolute Gasteiger partial charge is 0.348 e. The molecule has 1 aliphatic carbocycles. The van der Waals surface area contributed by atoms with Gasteiger partial charge in [0.25, 0.3) is 5.91 Å². The number of H-pyrrole nitrogens is 1. The van der Waals surface area contributed by atoms with Crippen molar-refractivity contribution in [3.8, 4) is 0 Å². The number of para-hydroxylation sites is 1. The van der Waals surface area contributed by atoms with Crippen molar-refractivity contribution in [2.45, 2.75) is 25.8 Å². The smallest absolute Gasteiger partial charge is 0.268 e. The molecule has 1 aliphatic rings. The maximum atomic E-state index is 14.0. The van der Waals surface area contributed by atoms with Gasteiger partial charge in [0.2, 0.25) is 0 Å². The molecule has 2 heterocycles. The van der Waals surface area contributed by atoms with Gasteiger partial charge < -0.3 is 10.3 Å². The van der Waals surface area contributed by atoms with Gasteiger partial charge in [-0.2, -0.15) is 0 Å². The van der Waals surface area contributed by atoms with Crippen LogP contribution in [0.3, 0.4) is 0 Å². The number of nitrogens with one attached hydrogen (secondary N) is 2. The summed E-state index contributed by atoms with van der Waals surface area (Å²) in [7, 11) is 0. The van der Waals surface area contributed by atoms with Crippen LogP contribution in [-0.2, 0) is 0 Å². The molecule has 0 radical (unpaired) electrons. The molecule has 2 aromatic heterocycles. The van der Waals surface area contributed by atoms with E-state index in [0.29, 0.717) is 5.92 Å². The van der Waals surface area contributed by atoms with Crippen LogP contribution in [0.4, 0.5) is 4.39 Å². The Hall–Kier alpha value is -3.02. The summed E-state index contributed by atoms with van der Waals surface area (Å²) in [6, 6.07) is 9.06. The van der Waals surface area contributed by atoms with Gasteiger partial charge >= 0.3 is 0 Å². The maximum Gasteiger partial charge on any atom is 0.268 e. The van der Waals surface area contributed by atoms with E-state index in [0.717, 1.165) is 24.1 Å². The number of benzene rings is 1.